The number of nitrogens with two attached hydrogens (primary N) is 1. The number of aromatic nitrogens is 4. The van der Waals surface area contributed by atoms with Crippen LogP contribution in [0.5, 0.6) is 0 Å². The van der Waals surface area contributed by atoms with E-state index in [9.17, 15) is 9.59 Å². The van der Waals surface area contributed by atoms with Crippen LogP contribution in [-0.2, 0) is 4.74 Å². The van der Waals surface area contributed by atoms with Crippen LogP contribution in [-0.4, -0.2) is 82.2 Å². The Morgan fingerprint density at radius 2 is 2.00 bits per heavy atom. The minimum atomic E-state index is -0.789. The van der Waals surface area contributed by atoms with Crippen LogP contribution in [0.2, 0.25) is 0 Å². The third kappa shape index (κ3) is 5.34. The molecule has 2 fully saturated rings. The second-order valence-corrected chi connectivity index (χ2v) is 11.3. The van der Waals surface area contributed by atoms with E-state index in [0.717, 1.165) is 79.1 Å². The number of rotatable bonds is 7. The van der Waals surface area contributed by atoms with Gasteiger partial charge < -0.3 is 20.4 Å². The Morgan fingerprint density at radius 3 is 2.75 bits per heavy atom. The zero-order valence-electron chi connectivity index (χ0n) is 22.2. The lowest BCUT2D eigenvalue weighted by Gasteiger charge is -2.37. The van der Waals surface area contributed by atoms with Crippen molar-refractivity contribution in [2.24, 2.45) is 11.7 Å². The molecule has 2 saturated heterocycles. The van der Waals surface area contributed by atoms with E-state index in [0.29, 0.717) is 11.6 Å². The Balaban J connectivity index is 1.19. The average Bonchev–Trinajstić information content (AvgIpc) is 3.69. The van der Waals surface area contributed by atoms with Gasteiger partial charge in [0.05, 0.1) is 23.3 Å². The number of piperazine rings is 1. The number of aryl methyl sites for hydroxylation is 1. The lowest BCUT2D eigenvalue weighted by Crippen LogP contribution is -2.47. The molecule has 0 aliphatic carbocycles. The molecule has 0 radical (unpaired) electrons. The van der Waals surface area contributed by atoms with Crippen molar-refractivity contribution in [2.75, 3.05) is 56.2 Å². The molecule has 6 rings (SSSR count). The number of nitrogens with one attached hydrogen (secondary N) is 2. The Morgan fingerprint density at radius 1 is 1.18 bits per heavy atom. The number of amides is 2. The van der Waals surface area contributed by atoms with Gasteiger partial charge in [-0.1, -0.05) is 22.0 Å². The second kappa shape index (κ2) is 11.0. The van der Waals surface area contributed by atoms with Crippen LogP contribution in [0.3, 0.4) is 0 Å². The molecule has 11 nitrogen and oxygen atoms in total. The molecule has 0 bridgehead atoms. The molecule has 2 aliphatic rings. The summed E-state index contributed by atoms with van der Waals surface area (Å²) in [6, 6.07) is 11.7. The van der Waals surface area contributed by atoms with Crippen molar-refractivity contribution in [3.63, 3.8) is 0 Å². The van der Waals surface area contributed by atoms with Crippen LogP contribution in [0.15, 0.2) is 47.2 Å². The van der Waals surface area contributed by atoms with Crippen LogP contribution in [0.1, 0.15) is 33.0 Å². The monoisotopic (exact) mass is 606 g/mol. The van der Waals surface area contributed by atoms with Gasteiger partial charge in [-0.05, 0) is 55.2 Å². The number of nitrogens with zero attached hydrogens (tertiary/aromatic N) is 5. The number of primary amides is 1. The fraction of sp³-hybridized carbons (Fsp3) is 0.357. The van der Waals surface area contributed by atoms with Crippen molar-refractivity contribution in [3.05, 3.63) is 64.1 Å². The first-order chi connectivity index (χ1) is 19.4. The third-order valence-electron chi connectivity index (χ3n) is 7.62. The number of carbonyl (C=O) groups is 2. The van der Waals surface area contributed by atoms with E-state index in [2.05, 4.69) is 58.1 Å². The zero-order chi connectivity index (χ0) is 27.8. The van der Waals surface area contributed by atoms with E-state index in [-0.39, 0.29) is 17.3 Å². The summed E-state index contributed by atoms with van der Waals surface area (Å²) in [5, 5.41) is 2.80. The van der Waals surface area contributed by atoms with Crippen LogP contribution >= 0.6 is 15.9 Å². The lowest BCUT2D eigenvalue weighted by molar-refractivity contribution is 0.0970. The molecule has 2 amide bonds. The summed E-state index contributed by atoms with van der Waals surface area (Å²) < 4.78 is 7.92. The molecule has 208 valence electrons. The summed E-state index contributed by atoms with van der Waals surface area (Å²) in [6.45, 7) is 8.72. The topological polar surface area (TPSA) is 134 Å². The minimum absolute atomic E-state index is 0.0388. The maximum atomic E-state index is 13.5. The summed E-state index contributed by atoms with van der Waals surface area (Å²) in [6.07, 6.45) is 2.58. The maximum Gasteiger partial charge on any atom is 0.277 e. The summed E-state index contributed by atoms with van der Waals surface area (Å²) >= 11 is 3.47. The largest absolute Gasteiger partial charge is 0.381 e. The molecule has 0 saturated carbocycles. The van der Waals surface area contributed by atoms with Crippen LogP contribution in [0.4, 0.5) is 11.6 Å². The van der Waals surface area contributed by atoms with Gasteiger partial charge in [0, 0.05) is 49.5 Å². The Kier molecular flexibility index (Phi) is 7.30. The molecular formula is C28H31BrN8O3. The normalized spacial score (nSPS) is 17.9. The molecule has 4 heterocycles. The van der Waals surface area contributed by atoms with Gasteiger partial charge in [0.1, 0.15) is 12.0 Å². The smallest absolute Gasteiger partial charge is 0.277 e. The van der Waals surface area contributed by atoms with E-state index in [1.165, 1.54) is 6.33 Å². The van der Waals surface area contributed by atoms with Crippen molar-refractivity contribution in [3.8, 4) is 5.69 Å². The Labute approximate surface area is 239 Å². The van der Waals surface area contributed by atoms with E-state index in [1.54, 1.807) is 4.57 Å². The number of hydrogen-bond donors (Lipinski definition) is 3. The van der Waals surface area contributed by atoms with Gasteiger partial charge in [-0.25, -0.2) is 9.97 Å². The number of H-pyrrole nitrogens is 1. The molecule has 40 heavy (non-hydrogen) atoms. The van der Waals surface area contributed by atoms with Crippen molar-refractivity contribution in [1.29, 1.82) is 0 Å². The molecule has 2 aromatic carbocycles. The molecular weight excluding hydrogens is 576 g/mol. The van der Waals surface area contributed by atoms with Crippen molar-refractivity contribution in [2.45, 2.75) is 13.3 Å². The summed E-state index contributed by atoms with van der Waals surface area (Å²) in [5.74, 6) is -0.413. The van der Waals surface area contributed by atoms with Gasteiger partial charge in [-0.2, -0.15) is 0 Å². The van der Waals surface area contributed by atoms with Crippen LogP contribution < -0.4 is 16.0 Å². The Hall–Kier alpha value is -3.74. The van der Waals surface area contributed by atoms with Gasteiger partial charge in [0.15, 0.2) is 5.69 Å². The van der Waals surface area contributed by atoms with Crippen LogP contribution in [0, 0.1) is 12.8 Å². The number of imidazole rings is 2. The highest BCUT2D eigenvalue weighted by molar-refractivity contribution is 9.10. The molecule has 0 spiro atoms. The first kappa shape index (κ1) is 26.5. The van der Waals surface area contributed by atoms with Crippen molar-refractivity contribution < 1.29 is 14.3 Å². The number of halogens is 1. The number of aromatic amines is 1. The van der Waals surface area contributed by atoms with E-state index >= 15 is 0 Å². The maximum absolute atomic E-state index is 13.5. The fourth-order valence-electron chi connectivity index (χ4n) is 5.47. The number of hydrogen-bond acceptors (Lipinski definition) is 7. The third-order valence-corrected chi connectivity index (χ3v) is 8.12. The average molecular weight is 608 g/mol. The number of ether oxygens (including phenoxy) is 1. The first-order valence-corrected chi connectivity index (χ1v) is 14.1. The van der Waals surface area contributed by atoms with Crippen molar-refractivity contribution in [1.82, 2.24) is 24.4 Å². The summed E-state index contributed by atoms with van der Waals surface area (Å²) in [4.78, 5) is 42.4. The predicted molar refractivity (Wildman–Crippen MR) is 156 cm³/mol. The highest BCUT2D eigenvalue weighted by Crippen LogP contribution is 2.26. The zero-order valence-corrected chi connectivity index (χ0v) is 23.8. The summed E-state index contributed by atoms with van der Waals surface area (Å²) in [7, 11) is 0. The van der Waals surface area contributed by atoms with Gasteiger partial charge in [-0.3, -0.25) is 24.4 Å². The fourth-order valence-corrected chi connectivity index (χ4v) is 5.82. The molecule has 4 aromatic rings. The molecule has 1 unspecified atom stereocenters. The van der Waals surface area contributed by atoms with Gasteiger partial charge in [0.25, 0.3) is 11.8 Å². The minimum Gasteiger partial charge on any atom is -0.381 e. The number of carbonyl (C=O) groups excluding carboxylic acids is 2. The second-order valence-electron chi connectivity index (χ2n) is 10.4. The van der Waals surface area contributed by atoms with Gasteiger partial charge >= 0.3 is 0 Å². The Bertz CT molecular complexity index is 1570. The predicted octanol–water partition coefficient (Wildman–Crippen LogP) is 3.33. The van der Waals surface area contributed by atoms with Gasteiger partial charge in [0.2, 0.25) is 5.95 Å². The molecule has 12 heteroatoms. The molecule has 2 aliphatic heterocycles. The molecule has 4 N–H and O–H groups in total. The lowest BCUT2D eigenvalue weighted by atomic mass is 10.1. The molecule has 1 atom stereocenters. The number of benzene rings is 2. The number of fused-ring (bicyclic) bond motifs is 1. The van der Waals surface area contributed by atoms with E-state index < -0.39 is 11.8 Å². The van der Waals surface area contributed by atoms with E-state index in [4.69, 9.17) is 10.5 Å². The SMILES string of the molecule is Cc1ccc(Br)cc1-n1cnc(C(N)=O)c1C(=O)Nc1nc2ccc(N3CCN(CC4CCOC4)CC3)cc2[nH]1. The highest BCUT2D eigenvalue weighted by atomic mass is 79.9. The standard InChI is InChI=1S/C28H31BrN8O3/c1-17-2-3-19(29)12-23(17)37-16-31-24(26(30)38)25(37)27(39)34-28-32-21-5-4-20(13-22(21)33-28)36-9-7-35(8-10-36)14-18-6-11-40-15-18/h2-5,12-13,16,18H,6-11,14-15H2,1H3,(H2,30,38)(H2,32,33,34,39). The number of anilines is 2. The van der Waals surface area contributed by atoms with Crippen molar-refractivity contribution >= 4 is 50.4 Å². The first-order valence-electron chi connectivity index (χ1n) is 13.4. The molecule has 2 aromatic heterocycles. The van der Waals surface area contributed by atoms with Crippen LogP contribution in [0.25, 0.3) is 16.7 Å². The van der Waals surface area contributed by atoms with Gasteiger partial charge in [-0.15, -0.1) is 0 Å². The summed E-state index contributed by atoms with van der Waals surface area (Å²) in [5.41, 5.74) is 9.73. The van der Waals surface area contributed by atoms with E-state index in [1.807, 2.05) is 31.2 Å². The highest BCUT2D eigenvalue weighted by Gasteiger charge is 2.26. The quantitative estimate of drug-likeness (QED) is 0.294.